The molecule has 1 heterocycles. The zero-order chi connectivity index (χ0) is 14.8. The van der Waals surface area contributed by atoms with Crippen LogP contribution in [0.25, 0.3) is 0 Å². The molecule has 0 aliphatic rings. The molecule has 2 aromatic rings. The van der Waals surface area contributed by atoms with Crippen LogP contribution in [0.3, 0.4) is 0 Å². The van der Waals surface area contributed by atoms with E-state index in [2.05, 4.69) is 29.8 Å². The fourth-order valence-electron chi connectivity index (χ4n) is 2.36. The first-order valence-corrected chi connectivity index (χ1v) is 6.67. The largest absolute Gasteiger partial charge is 0.364 e. The number of rotatable bonds is 4. The van der Waals surface area contributed by atoms with E-state index in [1.165, 1.54) is 0 Å². The molecular formula is C17H20N2O. The van der Waals surface area contributed by atoms with E-state index in [4.69, 9.17) is 0 Å². The third-order valence-corrected chi connectivity index (χ3v) is 3.87. The van der Waals surface area contributed by atoms with Crippen LogP contribution in [-0.2, 0) is 5.54 Å². The number of hydrogen-bond donors (Lipinski definition) is 0. The molecule has 0 spiro atoms. The average molecular weight is 268 g/mol. The topological polar surface area (TPSA) is 33.2 Å². The Morgan fingerprint density at radius 2 is 2.00 bits per heavy atom. The Bertz CT molecular complexity index is 606. The van der Waals surface area contributed by atoms with Crippen LogP contribution in [0.15, 0.2) is 42.7 Å². The van der Waals surface area contributed by atoms with Crippen molar-refractivity contribution in [3.05, 3.63) is 59.4 Å². The van der Waals surface area contributed by atoms with Crippen molar-refractivity contribution in [1.82, 2.24) is 4.98 Å². The van der Waals surface area contributed by atoms with Crippen molar-refractivity contribution in [3.63, 3.8) is 0 Å². The molecule has 2 rings (SSSR count). The van der Waals surface area contributed by atoms with Gasteiger partial charge in [0.25, 0.3) is 0 Å². The van der Waals surface area contributed by atoms with Crippen LogP contribution in [0.1, 0.15) is 35.3 Å². The second-order valence-corrected chi connectivity index (χ2v) is 5.54. The molecule has 1 aromatic heterocycles. The number of benzene rings is 1. The SMILES string of the molecule is Cc1ccc(C=O)c(C(C)(C)N(C)c2cccnc2)c1. The van der Waals surface area contributed by atoms with Gasteiger partial charge in [-0.3, -0.25) is 9.78 Å². The molecule has 0 atom stereocenters. The number of carbonyl (C=O) groups excluding carboxylic acids is 1. The van der Waals surface area contributed by atoms with Crippen molar-refractivity contribution < 1.29 is 4.79 Å². The molecule has 0 amide bonds. The molecule has 0 aliphatic carbocycles. The fourth-order valence-corrected chi connectivity index (χ4v) is 2.36. The smallest absolute Gasteiger partial charge is 0.150 e. The summed E-state index contributed by atoms with van der Waals surface area (Å²) in [7, 11) is 2.02. The molecule has 20 heavy (non-hydrogen) atoms. The second kappa shape index (κ2) is 5.45. The van der Waals surface area contributed by atoms with Gasteiger partial charge in [-0.2, -0.15) is 0 Å². The summed E-state index contributed by atoms with van der Waals surface area (Å²) in [4.78, 5) is 17.6. The molecule has 0 aliphatic heterocycles. The Morgan fingerprint density at radius 1 is 1.25 bits per heavy atom. The highest BCUT2D eigenvalue weighted by molar-refractivity contribution is 5.78. The van der Waals surface area contributed by atoms with Gasteiger partial charge in [0.1, 0.15) is 6.29 Å². The maximum atomic E-state index is 11.3. The van der Waals surface area contributed by atoms with Crippen LogP contribution in [-0.4, -0.2) is 18.3 Å². The van der Waals surface area contributed by atoms with Crippen molar-refractivity contribution in [3.8, 4) is 0 Å². The molecule has 0 bridgehead atoms. The first kappa shape index (κ1) is 14.3. The van der Waals surface area contributed by atoms with Crippen molar-refractivity contribution in [2.75, 3.05) is 11.9 Å². The number of hydrogen-bond acceptors (Lipinski definition) is 3. The Labute approximate surface area is 120 Å². The summed E-state index contributed by atoms with van der Waals surface area (Å²) in [5.41, 5.74) is 3.63. The predicted molar refractivity (Wildman–Crippen MR) is 82.2 cm³/mol. The highest BCUT2D eigenvalue weighted by Crippen LogP contribution is 2.32. The van der Waals surface area contributed by atoms with Gasteiger partial charge in [-0.25, -0.2) is 0 Å². The van der Waals surface area contributed by atoms with Gasteiger partial charge in [-0.15, -0.1) is 0 Å². The van der Waals surface area contributed by atoms with Crippen molar-refractivity contribution in [2.24, 2.45) is 0 Å². The van der Waals surface area contributed by atoms with Crippen LogP contribution in [0.5, 0.6) is 0 Å². The zero-order valence-corrected chi connectivity index (χ0v) is 12.4. The normalized spacial score (nSPS) is 11.2. The minimum atomic E-state index is -0.300. The number of pyridine rings is 1. The predicted octanol–water partition coefficient (Wildman–Crippen LogP) is 3.57. The molecule has 3 heteroatoms. The first-order valence-electron chi connectivity index (χ1n) is 6.67. The van der Waals surface area contributed by atoms with Crippen LogP contribution < -0.4 is 4.90 Å². The van der Waals surface area contributed by atoms with E-state index in [0.717, 1.165) is 28.7 Å². The molecule has 3 nitrogen and oxygen atoms in total. The monoisotopic (exact) mass is 268 g/mol. The second-order valence-electron chi connectivity index (χ2n) is 5.54. The molecule has 1 aromatic carbocycles. The van der Waals surface area contributed by atoms with E-state index in [9.17, 15) is 4.79 Å². The Balaban J connectivity index is 2.49. The van der Waals surface area contributed by atoms with E-state index in [1.807, 2.05) is 44.4 Å². The van der Waals surface area contributed by atoms with Crippen LogP contribution in [0.2, 0.25) is 0 Å². The fraction of sp³-hybridized carbons (Fsp3) is 0.294. The minimum absolute atomic E-state index is 0.300. The maximum Gasteiger partial charge on any atom is 0.150 e. The lowest BCUT2D eigenvalue weighted by Gasteiger charge is -2.38. The molecule has 104 valence electrons. The third kappa shape index (κ3) is 2.57. The highest BCUT2D eigenvalue weighted by Gasteiger charge is 2.28. The van der Waals surface area contributed by atoms with Gasteiger partial charge >= 0.3 is 0 Å². The number of aldehydes is 1. The van der Waals surface area contributed by atoms with E-state index < -0.39 is 0 Å². The summed E-state index contributed by atoms with van der Waals surface area (Å²) < 4.78 is 0. The number of carbonyl (C=O) groups is 1. The summed E-state index contributed by atoms with van der Waals surface area (Å²) >= 11 is 0. The Morgan fingerprint density at radius 3 is 2.60 bits per heavy atom. The molecule has 0 unspecified atom stereocenters. The van der Waals surface area contributed by atoms with Gasteiger partial charge in [-0.05, 0) is 38.5 Å². The first-order chi connectivity index (χ1) is 9.46. The van der Waals surface area contributed by atoms with Gasteiger partial charge in [0, 0.05) is 18.8 Å². The van der Waals surface area contributed by atoms with E-state index in [1.54, 1.807) is 6.20 Å². The minimum Gasteiger partial charge on any atom is -0.364 e. The van der Waals surface area contributed by atoms with Gasteiger partial charge in [0.05, 0.1) is 17.4 Å². The summed E-state index contributed by atoms with van der Waals surface area (Å²) in [5.74, 6) is 0. The van der Waals surface area contributed by atoms with Crippen molar-refractivity contribution in [2.45, 2.75) is 26.3 Å². The van der Waals surface area contributed by atoms with Gasteiger partial charge < -0.3 is 4.90 Å². The lowest BCUT2D eigenvalue weighted by atomic mass is 9.87. The van der Waals surface area contributed by atoms with E-state index in [-0.39, 0.29) is 5.54 Å². The molecule has 0 saturated carbocycles. The molecule has 0 N–H and O–H groups in total. The van der Waals surface area contributed by atoms with Gasteiger partial charge in [-0.1, -0.05) is 23.8 Å². The van der Waals surface area contributed by atoms with E-state index >= 15 is 0 Å². The lowest BCUT2D eigenvalue weighted by Crippen LogP contribution is -2.39. The summed E-state index contributed by atoms with van der Waals surface area (Å²) in [5, 5.41) is 0. The quantitative estimate of drug-likeness (QED) is 0.795. The molecule has 0 radical (unpaired) electrons. The summed E-state index contributed by atoms with van der Waals surface area (Å²) in [6.07, 6.45) is 4.51. The van der Waals surface area contributed by atoms with Gasteiger partial charge in [0.2, 0.25) is 0 Å². The van der Waals surface area contributed by atoms with E-state index in [0.29, 0.717) is 0 Å². The summed E-state index contributed by atoms with van der Waals surface area (Å²) in [6, 6.07) is 9.87. The van der Waals surface area contributed by atoms with Crippen LogP contribution in [0.4, 0.5) is 5.69 Å². The number of aromatic nitrogens is 1. The van der Waals surface area contributed by atoms with Crippen molar-refractivity contribution in [1.29, 1.82) is 0 Å². The number of aryl methyl sites for hydroxylation is 1. The average Bonchev–Trinajstić information content (AvgIpc) is 2.47. The number of nitrogens with zero attached hydrogens (tertiary/aromatic N) is 2. The molecule has 0 saturated heterocycles. The molecular weight excluding hydrogens is 248 g/mol. The third-order valence-electron chi connectivity index (χ3n) is 3.87. The standard InChI is InChI=1S/C17H20N2O/c1-13-7-8-14(12-20)16(10-13)17(2,3)19(4)15-6-5-9-18-11-15/h5-12H,1-4H3. The van der Waals surface area contributed by atoms with Crippen LogP contribution in [0, 0.1) is 6.92 Å². The zero-order valence-electron chi connectivity index (χ0n) is 12.4. The Kier molecular flexibility index (Phi) is 3.89. The number of anilines is 1. The maximum absolute atomic E-state index is 11.3. The Hall–Kier alpha value is -2.16. The highest BCUT2D eigenvalue weighted by atomic mass is 16.1. The molecule has 0 fully saturated rings. The summed E-state index contributed by atoms with van der Waals surface area (Å²) in [6.45, 7) is 6.27. The van der Waals surface area contributed by atoms with Crippen LogP contribution >= 0.6 is 0 Å². The van der Waals surface area contributed by atoms with Crippen molar-refractivity contribution >= 4 is 12.0 Å². The lowest BCUT2D eigenvalue weighted by molar-refractivity contribution is 0.112. The van der Waals surface area contributed by atoms with Gasteiger partial charge in [0.15, 0.2) is 0 Å².